The summed E-state index contributed by atoms with van der Waals surface area (Å²) in [5.74, 6) is 1.36. The van der Waals surface area contributed by atoms with E-state index in [9.17, 15) is 19.8 Å². The van der Waals surface area contributed by atoms with Crippen LogP contribution in [0.25, 0.3) is 0 Å². The molecule has 3 N–H and O–H groups in total. The van der Waals surface area contributed by atoms with Crippen molar-refractivity contribution in [1.82, 2.24) is 9.55 Å². The lowest BCUT2D eigenvalue weighted by Gasteiger charge is -2.44. The third-order valence-corrected chi connectivity index (χ3v) is 15.0. The molecule has 4 aromatic rings. The molecule has 0 unspecified atom stereocenters. The molecule has 12 heteroatoms. The van der Waals surface area contributed by atoms with Crippen LogP contribution in [-0.2, 0) is 19.5 Å². The van der Waals surface area contributed by atoms with Gasteiger partial charge >= 0.3 is 5.69 Å². The van der Waals surface area contributed by atoms with Crippen LogP contribution in [0, 0.1) is 6.92 Å². The second kappa shape index (κ2) is 15.5. The molecule has 0 bridgehead atoms. The number of nitrogens with one attached hydrogen (secondary N) is 1. The minimum Gasteiger partial charge on any atom is -0.497 e. The van der Waals surface area contributed by atoms with Gasteiger partial charge in [0, 0.05) is 18.4 Å². The average Bonchev–Trinajstić information content (AvgIpc) is 3.39. The summed E-state index contributed by atoms with van der Waals surface area (Å²) < 4.78 is 33.2. The Hall–Kier alpha value is -4.04. The summed E-state index contributed by atoms with van der Waals surface area (Å²) in [4.78, 5) is 28.1. The number of ether oxygens (including phenoxy) is 4. The van der Waals surface area contributed by atoms with Crippen molar-refractivity contribution in [3.63, 3.8) is 0 Å². The average molecular weight is 733 g/mol. The Balaban J connectivity index is 1.70. The fourth-order valence-corrected chi connectivity index (χ4v) is 7.94. The van der Waals surface area contributed by atoms with Gasteiger partial charge in [0.05, 0.1) is 20.8 Å². The third-order valence-electron chi connectivity index (χ3n) is 10.6. The molecule has 0 spiro atoms. The first-order valence-electron chi connectivity index (χ1n) is 17.6. The van der Waals surface area contributed by atoms with Crippen LogP contribution in [-0.4, -0.2) is 73.3 Å². The smallest absolute Gasteiger partial charge is 0.330 e. The second-order valence-electron chi connectivity index (χ2n) is 14.9. The van der Waals surface area contributed by atoms with Gasteiger partial charge in [-0.1, -0.05) is 75.4 Å². The molecule has 11 nitrogen and oxygen atoms in total. The van der Waals surface area contributed by atoms with Gasteiger partial charge in [0.25, 0.3) is 5.56 Å². The fourth-order valence-electron chi connectivity index (χ4n) is 6.59. The van der Waals surface area contributed by atoms with Crippen LogP contribution in [0.4, 0.5) is 0 Å². The highest BCUT2D eigenvalue weighted by molar-refractivity contribution is 6.74. The third kappa shape index (κ3) is 7.54. The first kappa shape index (κ1) is 39.2. The van der Waals surface area contributed by atoms with Crippen molar-refractivity contribution in [3.8, 4) is 11.5 Å². The summed E-state index contributed by atoms with van der Waals surface area (Å²) in [6.07, 6.45) is -1.49. The molecule has 5 rings (SSSR count). The molecule has 280 valence electrons. The van der Waals surface area contributed by atoms with Gasteiger partial charge in [-0.15, -0.1) is 0 Å². The fraction of sp³-hybridized carbons (Fsp3) is 0.450. The second-order valence-corrected chi connectivity index (χ2v) is 19.7. The lowest BCUT2D eigenvalue weighted by atomic mass is 9.80. The number of H-pyrrole nitrogens is 1. The van der Waals surface area contributed by atoms with Crippen LogP contribution in [0.1, 0.15) is 62.1 Å². The van der Waals surface area contributed by atoms with E-state index < -0.39 is 49.2 Å². The van der Waals surface area contributed by atoms with E-state index in [1.165, 1.54) is 10.8 Å². The highest BCUT2D eigenvalue weighted by Gasteiger charge is 2.60. The molecule has 52 heavy (non-hydrogen) atoms. The number of aliphatic hydroxyl groups is 2. The number of aryl methyl sites for hydroxylation is 1. The summed E-state index contributed by atoms with van der Waals surface area (Å²) in [5, 5.41) is 22.5. The number of aliphatic hydroxyl groups excluding tert-OH is 1. The highest BCUT2D eigenvalue weighted by Crippen LogP contribution is 2.49. The van der Waals surface area contributed by atoms with Crippen molar-refractivity contribution in [2.45, 2.75) is 88.3 Å². The molecular formula is C40H52N2O9Si. The van der Waals surface area contributed by atoms with Crippen molar-refractivity contribution in [3.05, 3.63) is 128 Å². The standard InChI is InChI=1S/C40H52N2O9Si/c1-27-25-42(37(45)41-35(27)44)36-39(46,23-12-24-43)34(51-52(7,8)38(2,3)4)33(50-36)26-49-40(28-13-10-9-11-14-28,29-15-19-31(47-5)20-16-29)30-17-21-32(48-6)22-18-30/h9-11,13-22,25,33-34,36,43,46H,12,23-24,26H2,1-8H3,(H,41,44,45)/t33-,34-,36-,39-/m1/s1. The van der Waals surface area contributed by atoms with Gasteiger partial charge in [-0.3, -0.25) is 14.3 Å². The Morgan fingerprint density at radius 1 is 0.885 bits per heavy atom. The molecule has 2 heterocycles. The molecule has 1 aromatic heterocycles. The minimum atomic E-state index is -2.62. The van der Waals surface area contributed by atoms with E-state index in [1.807, 2.05) is 78.9 Å². The highest BCUT2D eigenvalue weighted by atomic mass is 28.4. The van der Waals surface area contributed by atoms with Crippen LogP contribution in [0.15, 0.2) is 94.6 Å². The maximum absolute atomic E-state index is 13.4. The monoisotopic (exact) mass is 732 g/mol. The summed E-state index contributed by atoms with van der Waals surface area (Å²) in [5.41, 5.74) is -1.52. The summed E-state index contributed by atoms with van der Waals surface area (Å²) in [6, 6.07) is 25.2. The first-order valence-corrected chi connectivity index (χ1v) is 20.5. The van der Waals surface area contributed by atoms with E-state index >= 15 is 0 Å². The summed E-state index contributed by atoms with van der Waals surface area (Å²) >= 11 is 0. The number of hydrogen-bond donors (Lipinski definition) is 3. The van der Waals surface area contributed by atoms with Crippen LogP contribution < -0.4 is 20.7 Å². The van der Waals surface area contributed by atoms with Crippen molar-refractivity contribution in [2.75, 3.05) is 27.4 Å². The quantitative estimate of drug-likeness (QED) is 0.111. The molecule has 1 aliphatic heterocycles. The maximum Gasteiger partial charge on any atom is 0.330 e. The number of methoxy groups -OCH3 is 2. The number of benzene rings is 3. The summed E-state index contributed by atoms with van der Waals surface area (Å²) in [7, 11) is 0.605. The van der Waals surface area contributed by atoms with Gasteiger partial charge in [-0.05, 0) is 78.9 Å². The number of aromatic nitrogens is 2. The van der Waals surface area contributed by atoms with Crippen LogP contribution >= 0.6 is 0 Å². The molecule has 0 aliphatic carbocycles. The van der Waals surface area contributed by atoms with Crippen molar-refractivity contribution in [2.24, 2.45) is 0 Å². The SMILES string of the molecule is COc1ccc(C(OC[C@H]2O[C@@H](n3cc(C)c(=O)[nH]c3=O)[C@@](O)(CCCO)[C@@H]2O[Si](C)(C)C(C)(C)C)(c2ccccc2)c2ccc(OC)cc2)cc1. The normalized spacial score (nSPS) is 20.9. The lowest BCUT2D eigenvalue weighted by Crippen LogP contribution is -2.56. The molecule has 4 atom stereocenters. The van der Waals surface area contributed by atoms with E-state index in [0.29, 0.717) is 11.5 Å². The van der Waals surface area contributed by atoms with E-state index in [0.717, 1.165) is 16.7 Å². The van der Waals surface area contributed by atoms with Crippen molar-refractivity contribution in [1.29, 1.82) is 0 Å². The largest absolute Gasteiger partial charge is 0.497 e. The maximum atomic E-state index is 13.4. The van der Waals surface area contributed by atoms with Crippen molar-refractivity contribution < 1.29 is 33.6 Å². The Morgan fingerprint density at radius 2 is 1.42 bits per heavy atom. The van der Waals surface area contributed by atoms with E-state index in [4.69, 9.17) is 23.4 Å². The van der Waals surface area contributed by atoms with Gasteiger partial charge in [0.15, 0.2) is 14.5 Å². The number of aromatic amines is 1. The minimum absolute atomic E-state index is 0.0510. The molecule has 3 aromatic carbocycles. The Kier molecular flexibility index (Phi) is 11.7. The van der Waals surface area contributed by atoms with Gasteiger partial charge in [0.2, 0.25) is 0 Å². The predicted octanol–water partition coefficient (Wildman–Crippen LogP) is 5.66. The molecule has 1 aliphatic rings. The topological polar surface area (TPSA) is 141 Å². The van der Waals surface area contributed by atoms with Crippen LogP contribution in [0.2, 0.25) is 18.1 Å². The van der Waals surface area contributed by atoms with Gasteiger partial charge < -0.3 is 33.6 Å². The van der Waals surface area contributed by atoms with Gasteiger partial charge in [0.1, 0.15) is 34.9 Å². The molecule has 1 fully saturated rings. The number of hydrogen-bond acceptors (Lipinski definition) is 9. The molecule has 0 radical (unpaired) electrons. The molecule has 1 saturated heterocycles. The Labute approximate surface area is 306 Å². The molecule has 0 saturated carbocycles. The molecular weight excluding hydrogens is 681 g/mol. The zero-order chi connectivity index (χ0) is 37.9. The van der Waals surface area contributed by atoms with Gasteiger partial charge in [-0.2, -0.15) is 0 Å². The molecule has 0 amide bonds. The van der Waals surface area contributed by atoms with E-state index in [1.54, 1.807) is 21.1 Å². The number of rotatable bonds is 14. The Morgan fingerprint density at radius 3 is 1.92 bits per heavy atom. The van der Waals surface area contributed by atoms with E-state index in [2.05, 4.69) is 38.8 Å². The lowest BCUT2D eigenvalue weighted by molar-refractivity contribution is -0.118. The van der Waals surface area contributed by atoms with Gasteiger partial charge in [-0.25, -0.2) is 4.79 Å². The van der Waals surface area contributed by atoms with Crippen LogP contribution in [0.3, 0.4) is 0 Å². The zero-order valence-electron chi connectivity index (χ0n) is 31.3. The summed E-state index contributed by atoms with van der Waals surface area (Å²) in [6.45, 7) is 11.8. The Bertz CT molecular complexity index is 1860. The zero-order valence-corrected chi connectivity index (χ0v) is 32.3. The predicted molar refractivity (Wildman–Crippen MR) is 202 cm³/mol. The van der Waals surface area contributed by atoms with E-state index in [-0.39, 0.29) is 36.7 Å². The first-order chi connectivity index (χ1) is 24.6. The number of nitrogens with zero attached hydrogens (tertiary/aromatic N) is 1. The van der Waals surface area contributed by atoms with Crippen molar-refractivity contribution >= 4 is 8.32 Å². The van der Waals surface area contributed by atoms with Crippen LogP contribution in [0.5, 0.6) is 11.5 Å².